The molecule has 0 fully saturated rings. The number of anilines is 1. The number of hydrogen-bond donors (Lipinski definition) is 1. The predicted molar refractivity (Wildman–Crippen MR) is 60.2 cm³/mol. The van der Waals surface area contributed by atoms with Crippen LogP contribution in [-0.2, 0) is 6.54 Å². The van der Waals surface area contributed by atoms with Gasteiger partial charge in [-0.25, -0.2) is 0 Å². The van der Waals surface area contributed by atoms with Crippen molar-refractivity contribution in [3.63, 3.8) is 0 Å². The molecule has 0 bridgehead atoms. The highest BCUT2D eigenvalue weighted by atomic mass is 15.3. The molecule has 0 amide bonds. The maximum Gasteiger partial charge on any atom is 0.0704 e. The zero-order valence-corrected chi connectivity index (χ0v) is 8.72. The number of rotatable bonds is 3. The van der Waals surface area contributed by atoms with Crippen molar-refractivity contribution >= 4 is 5.69 Å². The zero-order valence-electron chi connectivity index (χ0n) is 8.72. The normalized spacial score (nSPS) is 10.5. The smallest absolute Gasteiger partial charge is 0.0704 e. The van der Waals surface area contributed by atoms with Crippen LogP contribution < -0.4 is 5.73 Å². The molecule has 0 saturated heterocycles. The summed E-state index contributed by atoms with van der Waals surface area (Å²) in [6.07, 6.45) is 6.26. The molecule has 4 nitrogen and oxygen atoms in total. The van der Waals surface area contributed by atoms with Gasteiger partial charge in [0.25, 0.3) is 0 Å². The summed E-state index contributed by atoms with van der Waals surface area (Å²) >= 11 is 0. The van der Waals surface area contributed by atoms with E-state index < -0.39 is 0 Å². The summed E-state index contributed by atoms with van der Waals surface area (Å²) in [6.45, 7) is 3.03. The summed E-state index contributed by atoms with van der Waals surface area (Å²) in [5.74, 6) is 0. The molecule has 0 unspecified atom stereocenters. The van der Waals surface area contributed by atoms with Crippen molar-refractivity contribution in [3.05, 3.63) is 30.7 Å². The van der Waals surface area contributed by atoms with E-state index in [-0.39, 0.29) is 0 Å². The first-order valence-electron chi connectivity index (χ1n) is 5.04. The van der Waals surface area contributed by atoms with Crippen molar-refractivity contribution in [1.29, 1.82) is 0 Å². The van der Waals surface area contributed by atoms with Gasteiger partial charge in [0.15, 0.2) is 0 Å². The number of aryl methyl sites for hydroxylation is 1. The maximum absolute atomic E-state index is 5.87. The van der Waals surface area contributed by atoms with Crippen LogP contribution in [0.4, 0.5) is 5.69 Å². The van der Waals surface area contributed by atoms with Gasteiger partial charge in [0.2, 0.25) is 0 Å². The summed E-state index contributed by atoms with van der Waals surface area (Å²) in [5, 5.41) is 4.26. The SMILES string of the molecule is CCCn1nccc1-c1ccncc1N. The van der Waals surface area contributed by atoms with Crippen LogP contribution >= 0.6 is 0 Å². The van der Waals surface area contributed by atoms with Crippen molar-refractivity contribution < 1.29 is 0 Å². The summed E-state index contributed by atoms with van der Waals surface area (Å²) in [5.41, 5.74) is 8.61. The van der Waals surface area contributed by atoms with Crippen LogP contribution in [0.25, 0.3) is 11.3 Å². The van der Waals surface area contributed by atoms with E-state index in [1.54, 1.807) is 18.6 Å². The molecule has 0 saturated carbocycles. The third-order valence-corrected chi connectivity index (χ3v) is 2.28. The molecule has 0 atom stereocenters. The van der Waals surface area contributed by atoms with Crippen LogP contribution in [0.3, 0.4) is 0 Å². The third kappa shape index (κ3) is 1.83. The fourth-order valence-corrected chi connectivity index (χ4v) is 1.59. The lowest BCUT2D eigenvalue weighted by atomic mass is 10.1. The Labute approximate surface area is 88.8 Å². The minimum absolute atomic E-state index is 0.690. The van der Waals surface area contributed by atoms with Gasteiger partial charge in [-0.15, -0.1) is 0 Å². The van der Waals surface area contributed by atoms with E-state index >= 15 is 0 Å². The molecule has 2 aromatic heterocycles. The summed E-state index contributed by atoms with van der Waals surface area (Å²) in [4.78, 5) is 3.98. The lowest BCUT2D eigenvalue weighted by molar-refractivity contribution is 0.609. The summed E-state index contributed by atoms with van der Waals surface area (Å²) in [7, 11) is 0. The van der Waals surface area contributed by atoms with E-state index in [1.807, 2.05) is 16.8 Å². The third-order valence-electron chi connectivity index (χ3n) is 2.28. The van der Waals surface area contributed by atoms with Crippen molar-refractivity contribution in [3.8, 4) is 11.3 Å². The Bertz CT molecular complexity index is 447. The highest BCUT2D eigenvalue weighted by Crippen LogP contribution is 2.24. The van der Waals surface area contributed by atoms with E-state index in [1.165, 1.54) is 0 Å². The van der Waals surface area contributed by atoms with Gasteiger partial charge in [0, 0.05) is 24.5 Å². The van der Waals surface area contributed by atoms with Crippen molar-refractivity contribution in [1.82, 2.24) is 14.8 Å². The molecule has 4 heteroatoms. The number of nitrogens with two attached hydrogens (primary N) is 1. The van der Waals surface area contributed by atoms with Gasteiger partial charge in [0.1, 0.15) is 0 Å². The molecule has 2 heterocycles. The van der Waals surface area contributed by atoms with Crippen LogP contribution in [0.15, 0.2) is 30.7 Å². The van der Waals surface area contributed by atoms with Crippen LogP contribution in [0.5, 0.6) is 0 Å². The first-order valence-corrected chi connectivity index (χ1v) is 5.04. The van der Waals surface area contributed by atoms with Crippen LogP contribution in [0, 0.1) is 0 Å². The molecule has 0 radical (unpaired) electrons. The van der Waals surface area contributed by atoms with Gasteiger partial charge in [-0.1, -0.05) is 6.92 Å². The first-order chi connectivity index (χ1) is 7.33. The second-order valence-corrected chi connectivity index (χ2v) is 3.40. The van der Waals surface area contributed by atoms with Gasteiger partial charge in [-0.2, -0.15) is 5.10 Å². The van der Waals surface area contributed by atoms with Gasteiger partial charge in [-0.3, -0.25) is 9.67 Å². The molecule has 0 aromatic carbocycles. The highest BCUT2D eigenvalue weighted by molar-refractivity contribution is 5.72. The number of aromatic nitrogens is 3. The molecule has 0 aliphatic rings. The van der Waals surface area contributed by atoms with E-state index in [2.05, 4.69) is 17.0 Å². The molecular weight excluding hydrogens is 188 g/mol. The standard InChI is InChI=1S/C11H14N4/c1-2-7-15-11(4-6-14-15)9-3-5-13-8-10(9)12/h3-6,8H,2,7,12H2,1H3. The largest absolute Gasteiger partial charge is 0.397 e. The summed E-state index contributed by atoms with van der Waals surface area (Å²) < 4.78 is 1.96. The molecule has 2 aromatic rings. The molecule has 0 spiro atoms. The van der Waals surface area contributed by atoms with Crippen molar-refractivity contribution in [2.24, 2.45) is 0 Å². The number of pyridine rings is 1. The number of hydrogen-bond acceptors (Lipinski definition) is 3. The Morgan fingerprint density at radius 1 is 1.33 bits per heavy atom. The Balaban J connectivity index is 2.45. The minimum Gasteiger partial charge on any atom is -0.397 e. The van der Waals surface area contributed by atoms with Crippen LogP contribution in [0.2, 0.25) is 0 Å². The van der Waals surface area contributed by atoms with Gasteiger partial charge in [0.05, 0.1) is 17.6 Å². The molecule has 15 heavy (non-hydrogen) atoms. The van der Waals surface area contributed by atoms with Crippen LogP contribution in [0.1, 0.15) is 13.3 Å². The average Bonchev–Trinajstić information content (AvgIpc) is 2.67. The van der Waals surface area contributed by atoms with Gasteiger partial charge >= 0.3 is 0 Å². The second-order valence-electron chi connectivity index (χ2n) is 3.40. The van der Waals surface area contributed by atoms with Crippen LogP contribution in [-0.4, -0.2) is 14.8 Å². The predicted octanol–water partition coefficient (Wildman–Crippen LogP) is 1.94. The van der Waals surface area contributed by atoms with E-state index in [0.29, 0.717) is 5.69 Å². The first kappa shape index (κ1) is 9.71. The minimum atomic E-state index is 0.690. The van der Waals surface area contributed by atoms with Crippen molar-refractivity contribution in [2.45, 2.75) is 19.9 Å². The Hall–Kier alpha value is -1.84. The molecule has 2 N–H and O–H groups in total. The molecule has 0 aliphatic heterocycles. The molecular formula is C11H14N4. The van der Waals surface area contributed by atoms with Gasteiger partial charge < -0.3 is 5.73 Å². The van der Waals surface area contributed by atoms with E-state index in [9.17, 15) is 0 Å². The second kappa shape index (κ2) is 4.13. The fraction of sp³-hybridized carbons (Fsp3) is 0.273. The fourth-order valence-electron chi connectivity index (χ4n) is 1.59. The monoisotopic (exact) mass is 202 g/mol. The zero-order chi connectivity index (χ0) is 10.7. The van der Waals surface area contributed by atoms with Gasteiger partial charge in [-0.05, 0) is 18.6 Å². The Morgan fingerprint density at radius 2 is 2.20 bits per heavy atom. The molecule has 2 rings (SSSR count). The molecule has 0 aliphatic carbocycles. The number of nitrogens with zero attached hydrogens (tertiary/aromatic N) is 3. The quantitative estimate of drug-likeness (QED) is 0.827. The lowest BCUT2D eigenvalue weighted by Gasteiger charge is -2.07. The highest BCUT2D eigenvalue weighted by Gasteiger charge is 2.07. The summed E-state index contributed by atoms with van der Waals surface area (Å²) in [6, 6.07) is 3.89. The van der Waals surface area contributed by atoms with E-state index in [4.69, 9.17) is 5.73 Å². The topological polar surface area (TPSA) is 56.7 Å². The maximum atomic E-state index is 5.87. The average molecular weight is 202 g/mol. The number of nitrogen functional groups attached to an aromatic ring is 1. The molecule has 78 valence electrons. The van der Waals surface area contributed by atoms with E-state index in [0.717, 1.165) is 24.2 Å². The lowest BCUT2D eigenvalue weighted by Crippen LogP contribution is -2.02. The Morgan fingerprint density at radius 3 is 2.93 bits per heavy atom. The Kier molecular flexibility index (Phi) is 2.67. The van der Waals surface area contributed by atoms with Crippen molar-refractivity contribution in [2.75, 3.05) is 5.73 Å².